The first-order chi connectivity index (χ1) is 14.9. The number of hydrazine groups is 1. The third-order valence-corrected chi connectivity index (χ3v) is 5.78. The number of piperidine rings is 1. The number of likely N-dealkylation sites (tertiary alicyclic amines) is 1. The molecule has 1 aromatic carbocycles. The van der Waals surface area contributed by atoms with Gasteiger partial charge in [-0.3, -0.25) is 15.6 Å². The fourth-order valence-corrected chi connectivity index (χ4v) is 3.78. The van der Waals surface area contributed by atoms with Crippen LogP contribution in [-0.2, 0) is 11.0 Å². The Bertz CT molecular complexity index is 857. The highest BCUT2D eigenvalue weighted by Gasteiger charge is 2.35. The molecule has 0 aromatic heterocycles. The maximum atomic E-state index is 13.2. The van der Waals surface area contributed by atoms with E-state index in [1.165, 1.54) is 25.0 Å². The van der Waals surface area contributed by atoms with Gasteiger partial charge in [-0.1, -0.05) is 25.0 Å². The summed E-state index contributed by atoms with van der Waals surface area (Å²) in [6, 6.07) is 5.32. The molecule has 6 nitrogen and oxygen atoms in total. The number of benzene rings is 1. The number of allylic oxidation sites excluding steroid dienone is 2. The number of hydrogen-bond acceptors (Lipinski definition) is 5. The van der Waals surface area contributed by atoms with E-state index in [-0.39, 0.29) is 17.8 Å². The molecule has 2 aliphatic heterocycles. The maximum Gasteiger partial charge on any atom is 0.419 e. The minimum atomic E-state index is -4.44. The minimum absolute atomic E-state index is 0.120. The van der Waals surface area contributed by atoms with Crippen LogP contribution >= 0.6 is 0 Å². The van der Waals surface area contributed by atoms with Gasteiger partial charge in [-0.15, -0.1) is 0 Å². The summed E-state index contributed by atoms with van der Waals surface area (Å²) in [5.74, 6) is 1.33. The van der Waals surface area contributed by atoms with Crippen molar-refractivity contribution < 1.29 is 22.7 Å². The molecule has 0 spiro atoms. The molecular weight excluding hydrogens is 409 g/mol. The fourth-order valence-electron chi connectivity index (χ4n) is 3.78. The number of alkyl halides is 3. The molecule has 2 heterocycles. The number of carbonyl (C=O) groups is 1. The third kappa shape index (κ3) is 5.65. The Balaban J connectivity index is 1.27. The zero-order valence-corrected chi connectivity index (χ0v) is 17.2. The lowest BCUT2D eigenvalue weighted by molar-refractivity contribution is -0.139. The SMILES string of the molecule is O=C(NCCC1CC1)C1=CC=C(N2CCC(Oc3ccccc3C(F)(F)F)CC2)NN1. The first kappa shape index (κ1) is 21.4. The van der Waals surface area contributed by atoms with E-state index < -0.39 is 11.7 Å². The monoisotopic (exact) mass is 436 g/mol. The molecule has 1 aliphatic carbocycles. The van der Waals surface area contributed by atoms with Gasteiger partial charge in [0.1, 0.15) is 23.4 Å². The summed E-state index contributed by atoms with van der Waals surface area (Å²) in [6.07, 6.45) is 3.62. The van der Waals surface area contributed by atoms with Crippen LogP contribution in [0, 0.1) is 5.92 Å². The normalized spacial score (nSPS) is 19.6. The van der Waals surface area contributed by atoms with Crippen molar-refractivity contribution in [3.8, 4) is 5.75 Å². The van der Waals surface area contributed by atoms with Crippen LogP contribution in [0.3, 0.4) is 0 Å². The Hall–Kier alpha value is -2.84. The fraction of sp³-hybridized carbons (Fsp3) is 0.500. The second kappa shape index (κ2) is 9.11. The molecule has 0 unspecified atom stereocenters. The Morgan fingerprint density at radius 2 is 1.84 bits per heavy atom. The predicted octanol–water partition coefficient (Wildman–Crippen LogP) is 3.30. The van der Waals surface area contributed by atoms with Crippen LogP contribution < -0.4 is 20.9 Å². The van der Waals surface area contributed by atoms with Gasteiger partial charge >= 0.3 is 6.18 Å². The molecule has 1 aromatic rings. The minimum Gasteiger partial charge on any atom is -0.490 e. The standard InChI is InChI=1S/C22H27F3N4O2/c23-22(24,25)17-3-1-2-4-19(17)31-16-10-13-29(14-11-16)20-8-7-18(27-28-20)21(30)26-12-9-15-5-6-15/h1-4,7-8,15-16,27-28H,5-6,9-14H2,(H,26,30). The van der Waals surface area contributed by atoms with Gasteiger partial charge in [0.15, 0.2) is 0 Å². The van der Waals surface area contributed by atoms with Crippen molar-refractivity contribution in [3.05, 3.63) is 53.5 Å². The summed E-state index contributed by atoms with van der Waals surface area (Å²) in [4.78, 5) is 14.3. The molecule has 3 aliphatic rings. The van der Waals surface area contributed by atoms with Gasteiger partial charge in [0.2, 0.25) is 0 Å². The van der Waals surface area contributed by atoms with Gasteiger partial charge in [-0.25, -0.2) is 0 Å². The van der Waals surface area contributed by atoms with E-state index in [0.29, 0.717) is 38.2 Å². The maximum absolute atomic E-state index is 13.2. The van der Waals surface area contributed by atoms with E-state index in [9.17, 15) is 18.0 Å². The largest absolute Gasteiger partial charge is 0.490 e. The third-order valence-electron chi connectivity index (χ3n) is 5.78. The number of amides is 1. The van der Waals surface area contributed by atoms with E-state index in [0.717, 1.165) is 24.2 Å². The van der Waals surface area contributed by atoms with Crippen LogP contribution in [0.1, 0.15) is 37.7 Å². The van der Waals surface area contributed by atoms with Gasteiger partial charge in [-0.05, 0) is 36.6 Å². The molecule has 1 amide bonds. The molecule has 31 heavy (non-hydrogen) atoms. The number of nitrogens with one attached hydrogen (secondary N) is 3. The van der Waals surface area contributed by atoms with E-state index in [4.69, 9.17) is 4.74 Å². The summed E-state index contributed by atoms with van der Waals surface area (Å²) >= 11 is 0. The molecule has 1 saturated heterocycles. The number of ether oxygens (including phenoxy) is 1. The van der Waals surface area contributed by atoms with Crippen molar-refractivity contribution in [2.45, 2.75) is 44.4 Å². The highest BCUT2D eigenvalue weighted by atomic mass is 19.4. The topological polar surface area (TPSA) is 65.6 Å². The van der Waals surface area contributed by atoms with Gasteiger partial charge in [-0.2, -0.15) is 13.2 Å². The molecule has 0 bridgehead atoms. The quantitative estimate of drug-likeness (QED) is 0.612. The van der Waals surface area contributed by atoms with Crippen molar-refractivity contribution in [1.82, 2.24) is 21.1 Å². The van der Waals surface area contributed by atoms with Crippen molar-refractivity contribution in [1.29, 1.82) is 0 Å². The van der Waals surface area contributed by atoms with Crippen LogP contribution in [0.25, 0.3) is 0 Å². The Morgan fingerprint density at radius 3 is 2.48 bits per heavy atom. The second-order valence-corrected chi connectivity index (χ2v) is 8.17. The smallest absolute Gasteiger partial charge is 0.419 e. The van der Waals surface area contributed by atoms with Gasteiger partial charge < -0.3 is 15.0 Å². The first-order valence-corrected chi connectivity index (χ1v) is 10.7. The van der Waals surface area contributed by atoms with Crippen LogP contribution in [0.4, 0.5) is 13.2 Å². The summed E-state index contributed by atoms with van der Waals surface area (Å²) < 4.78 is 45.2. The Labute approximate surface area is 179 Å². The van der Waals surface area contributed by atoms with Gasteiger partial charge in [0.05, 0.1) is 5.56 Å². The summed E-state index contributed by atoms with van der Waals surface area (Å²) in [6.45, 7) is 1.95. The van der Waals surface area contributed by atoms with E-state index >= 15 is 0 Å². The first-order valence-electron chi connectivity index (χ1n) is 10.7. The van der Waals surface area contributed by atoms with Gasteiger partial charge in [0.25, 0.3) is 5.91 Å². The highest BCUT2D eigenvalue weighted by molar-refractivity contribution is 5.93. The molecule has 0 radical (unpaired) electrons. The van der Waals surface area contributed by atoms with Crippen molar-refractivity contribution in [2.24, 2.45) is 5.92 Å². The average Bonchev–Trinajstić information content (AvgIpc) is 3.58. The molecule has 9 heteroatoms. The van der Waals surface area contributed by atoms with Crippen LogP contribution in [-0.4, -0.2) is 36.5 Å². The van der Waals surface area contributed by atoms with E-state index in [1.54, 1.807) is 12.1 Å². The molecule has 1 saturated carbocycles. The number of hydrogen-bond donors (Lipinski definition) is 3. The number of para-hydroxylation sites is 1. The van der Waals surface area contributed by atoms with E-state index in [2.05, 4.69) is 21.1 Å². The van der Waals surface area contributed by atoms with E-state index in [1.807, 2.05) is 6.08 Å². The van der Waals surface area contributed by atoms with Crippen LogP contribution in [0.15, 0.2) is 47.9 Å². The summed E-state index contributed by atoms with van der Waals surface area (Å²) in [5.41, 5.74) is 5.69. The lowest BCUT2D eigenvalue weighted by Crippen LogP contribution is -2.47. The molecule has 2 fully saturated rings. The number of nitrogens with zero attached hydrogens (tertiary/aromatic N) is 1. The van der Waals surface area contributed by atoms with Gasteiger partial charge in [0, 0.05) is 32.5 Å². The second-order valence-electron chi connectivity index (χ2n) is 8.17. The number of halogens is 3. The summed E-state index contributed by atoms with van der Waals surface area (Å²) in [5, 5.41) is 2.91. The summed E-state index contributed by atoms with van der Waals surface area (Å²) in [7, 11) is 0. The van der Waals surface area contributed by atoms with Crippen LogP contribution in [0.2, 0.25) is 0 Å². The Morgan fingerprint density at radius 1 is 1.10 bits per heavy atom. The van der Waals surface area contributed by atoms with Crippen molar-refractivity contribution in [2.75, 3.05) is 19.6 Å². The zero-order chi connectivity index (χ0) is 21.8. The zero-order valence-electron chi connectivity index (χ0n) is 17.2. The molecule has 4 rings (SSSR count). The van der Waals surface area contributed by atoms with Crippen molar-refractivity contribution >= 4 is 5.91 Å². The lowest BCUT2D eigenvalue weighted by atomic mass is 10.1. The predicted molar refractivity (Wildman–Crippen MR) is 109 cm³/mol. The van der Waals surface area contributed by atoms with Crippen LogP contribution in [0.5, 0.6) is 5.75 Å². The molecule has 0 atom stereocenters. The lowest BCUT2D eigenvalue weighted by Gasteiger charge is -2.36. The van der Waals surface area contributed by atoms with Crippen molar-refractivity contribution in [3.63, 3.8) is 0 Å². The highest BCUT2D eigenvalue weighted by Crippen LogP contribution is 2.37. The number of rotatable bonds is 7. The number of carbonyl (C=O) groups excluding carboxylic acids is 1. The molecule has 168 valence electrons. The molecule has 3 N–H and O–H groups in total. The molecular formula is C22H27F3N4O2. The Kier molecular flexibility index (Phi) is 6.29. The average molecular weight is 436 g/mol.